The van der Waals surface area contributed by atoms with Gasteiger partial charge in [0.2, 0.25) is 0 Å². The maximum atomic E-state index is 11.6. The van der Waals surface area contributed by atoms with Gasteiger partial charge in [0.05, 0.1) is 5.25 Å². The first-order chi connectivity index (χ1) is 3.22. The second-order valence-corrected chi connectivity index (χ2v) is 2.68. The molecule has 0 aromatic carbocycles. The predicted octanol–water partition coefficient (Wildman–Crippen LogP) is -2.91. The van der Waals surface area contributed by atoms with Gasteiger partial charge in [-0.25, -0.2) is 4.39 Å². The smallest absolute Gasteiger partial charge is 1.00 e. The number of halogens is 1. The van der Waals surface area contributed by atoms with Crippen LogP contribution in [0.4, 0.5) is 4.39 Å². The molecule has 0 aromatic rings. The molecule has 0 aliphatic heterocycles. The van der Waals surface area contributed by atoms with Gasteiger partial charge in [0.1, 0.15) is 6.17 Å². The van der Waals surface area contributed by atoms with Crippen LogP contribution in [0.2, 0.25) is 0 Å². The zero-order chi connectivity index (χ0) is 5.44. The van der Waals surface area contributed by atoms with Crippen molar-refractivity contribution in [3.63, 3.8) is 0 Å². The first-order valence-electron chi connectivity index (χ1n) is 1.94. The molecule has 0 N–H and O–H groups in total. The molecule has 0 saturated heterocycles. The first kappa shape index (κ1) is 9.04. The quantitative estimate of drug-likeness (QED) is 0.295. The number of hydrogen-bond donors (Lipinski definition) is 0. The zero-order valence-corrected chi connectivity index (χ0v) is 7.28. The van der Waals surface area contributed by atoms with Crippen molar-refractivity contribution in [1.29, 1.82) is 0 Å². The summed E-state index contributed by atoms with van der Waals surface area (Å²) in [6, 6.07) is 0. The Kier molecular flexibility index (Phi) is 3.69. The Hall–Kier alpha value is 1.04. The van der Waals surface area contributed by atoms with Gasteiger partial charge >= 0.3 is 29.6 Å². The van der Waals surface area contributed by atoms with E-state index in [4.69, 9.17) is 0 Å². The predicted molar refractivity (Wildman–Crippen MR) is 23.3 cm³/mol. The van der Waals surface area contributed by atoms with Crippen LogP contribution in [-0.4, -0.2) is 20.2 Å². The van der Waals surface area contributed by atoms with Crippen molar-refractivity contribution in [2.24, 2.45) is 0 Å². The molecule has 1 aliphatic rings. The van der Waals surface area contributed by atoms with E-state index < -0.39 is 22.5 Å². The molecule has 1 fully saturated rings. The van der Waals surface area contributed by atoms with Gasteiger partial charge in [-0.05, 0) is 17.5 Å². The second-order valence-electron chi connectivity index (χ2n) is 1.55. The zero-order valence-electron chi connectivity index (χ0n) is 5.46. The van der Waals surface area contributed by atoms with E-state index in [1.165, 1.54) is 0 Å². The molecule has 1 aliphatic carbocycles. The molecular formula is C3H5FNaO2S-. The van der Waals surface area contributed by atoms with Crippen LogP contribution < -0.4 is 29.6 Å². The molecule has 8 heavy (non-hydrogen) atoms. The Balaban J connectivity index is 0. The van der Waals surface area contributed by atoms with Gasteiger partial charge in [-0.15, -0.1) is 0 Å². The fourth-order valence-electron chi connectivity index (χ4n) is 0.342. The maximum Gasteiger partial charge on any atom is 1.00 e. The van der Waals surface area contributed by atoms with Crippen molar-refractivity contribution < 1.29 is 44.1 Å². The van der Waals surface area contributed by atoms with Gasteiger partial charge in [0.15, 0.2) is 0 Å². The monoisotopic (exact) mass is 147 g/mol. The second kappa shape index (κ2) is 3.27. The van der Waals surface area contributed by atoms with Crippen LogP contribution in [-0.2, 0) is 11.1 Å². The van der Waals surface area contributed by atoms with Crippen LogP contribution in [0.3, 0.4) is 0 Å². The average Bonchev–Trinajstić information content (AvgIpc) is 2.17. The molecule has 1 saturated carbocycles. The minimum atomic E-state index is -2.16. The van der Waals surface area contributed by atoms with Crippen LogP contribution in [0.25, 0.3) is 0 Å². The summed E-state index contributed by atoms with van der Waals surface area (Å²) in [4.78, 5) is 0. The van der Waals surface area contributed by atoms with E-state index in [0.29, 0.717) is 0 Å². The van der Waals surface area contributed by atoms with Crippen molar-refractivity contribution in [3.8, 4) is 0 Å². The van der Waals surface area contributed by atoms with Crippen LogP contribution in [0, 0.1) is 0 Å². The summed E-state index contributed by atoms with van der Waals surface area (Å²) in [5, 5.41) is -0.681. The van der Waals surface area contributed by atoms with Crippen molar-refractivity contribution in [3.05, 3.63) is 0 Å². The van der Waals surface area contributed by atoms with Gasteiger partial charge in [0, 0.05) is 0 Å². The van der Waals surface area contributed by atoms with Crippen molar-refractivity contribution in [2.75, 3.05) is 0 Å². The number of hydrogen-bond acceptors (Lipinski definition) is 2. The standard InChI is InChI=1S/C3H5FO2S.Na.H/c4-2-1-3(2)7(5)6;;/h2-3H,1H2,(H,5,6);;/q;+1;-1/p-1/t2-,3-;;/m1../s1. The Morgan fingerprint density at radius 2 is 2.25 bits per heavy atom. The van der Waals surface area contributed by atoms with Crippen LogP contribution in [0.5, 0.6) is 0 Å². The Morgan fingerprint density at radius 1 is 1.88 bits per heavy atom. The molecule has 2 nitrogen and oxygen atoms in total. The molecule has 3 atom stereocenters. The topological polar surface area (TPSA) is 40.1 Å². The molecule has 0 radical (unpaired) electrons. The van der Waals surface area contributed by atoms with Crippen LogP contribution in [0.1, 0.15) is 7.85 Å². The fraction of sp³-hybridized carbons (Fsp3) is 1.00. The van der Waals surface area contributed by atoms with E-state index in [0.717, 1.165) is 0 Å². The third-order valence-corrected chi connectivity index (χ3v) is 1.89. The Morgan fingerprint density at radius 3 is 2.25 bits per heavy atom. The molecule has 0 heterocycles. The molecular weight excluding hydrogens is 142 g/mol. The minimum Gasteiger partial charge on any atom is -1.00 e. The summed E-state index contributed by atoms with van der Waals surface area (Å²) in [5.41, 5.74) is 0. The molecule has 0 bridgehead atoms. The molecule has 0 amide bonds. The summed E-state index contributed by atoms with van der Waals surface area (Å²) in [6.07, 6.45) is -0.867. The SMILES string of the molecule is O=S([O-])[C@@H]1C[C@H]1F.[H-].[Na+]. The molecule has 5 heteroatoms. The van der Waals surface area contributed by atoms with Gasteiger partial charge in [-0.1, -0.05) is 0 Å². The average molecular weight is 147 g/mol. The molecule has 44 valence electrons. The Labute approximate surface area is 72.9 Å². The summed E-state index contributed by atoms with van der Waals surface area (Å²) in [6.45, 7) is 0. The summed E-state index contributed by atoms with van der Waals surface area (Å²) in [5.74, 6) is 0. The van der Waals surface area contributed by atoms with E-state index in [2.05, 4.69) is 0 Å². The van der Waals surface area contributed by atoms with E-state index in [9.17, 15) is 13.2 Å². The maximum absolute atomic E-state index is 11.6. The minimum absolute atomic E-state index is 0. The molecule has 0 aromatic heterocycles. The summed E-state index contributed by atoms with van der Waals surface area (Å²) in [7, 11) is 0. The molecule has 1 rings (SSSR count). The van der Waals surface area contributed by atoms with Gasteiger partial charge in [-0.3, -0.25) is 4.21 Å². The van der Waals surface area contributed by atoms with Crippen molar-refractivity contribution >= 4 is 11.1 Å². The normalized spacial score (nSPS) is 37.8. The van der Waals surface area contributed by atoms with Gasteiger partial charge in [-0.2, -0.15) is 0 Å². The molecule has 0 spiro atoms. The third-order valence-electron chi connectivity index (χ3n) is 0.905. The van der Waals surface area contributed by atoms with Crippen LogP contribution >= 0.6 is 0 Å². The van der Waals surface area contributed by atoms with E-state index >= 15 is 0 Å². The summed E-state index contributed by atoms with van der Waals surface area (Å²) < 4.78 is 31.1. The first-order valence-corrected chi connectivity index (χ1v) is 3.08. The van der Waals surface area contributed by atoms with Crippen LogP contribution in [0.15, 0.2) is 0 Å². The number of alkyl halides is 1. The van der Waals surface area contributed by atoms with Crippen molar-refractivity contribution in [2.45, 2.75) is 17.8 Å². The van der Waals surface area contributed by atoms with E-state index in [1.54, 1.807) is 0 Å². The fourth-order valence-corrected chi connectivity index (χ4v) is 0.925. The molecule has 1 unspecified atom stereocenters. The number of rotatable bonds is 1. The summed E-state index contributed by atoms with van der Waals surface area (Å²) >= 11 is -2.16. The third kappa shape index (κ3) is 2.11. The van der Waals surface area contributed by atoms with E-state index in [1.807, 2.05) is 0 Å². The van der Waals surface area contributed by atoms with Gasteiger partial charge < -0.3 is 5.98 Å². The largest absolute Gasteiger partial charge is 1.00 e. The van der Waals surface area contributed by atoms with Crippen molar-refractivity contribution in [1.82, 2.24) is 0 Å². The van der Waals surface area contributed by atoms with E-state index in [-0.39, 0.29) is 37.4 Å². The van der Waals surface area contributed by atoms with Gasteiger partial charge in [0.25, 0.3) is 0 Å². The Bertz CT molecular complexity index is 114.